The third kappa shape index (κ3) is 44.7. The van der Waals surface area contributed by atoms with Gasteiger partial charge in [0.25, 0.3) is 0 Å². The summed E-state index contributed by atoms with van der Waals surface area (Å²) >= 11 is 0. The molecule has 1 heterocycles. The van der Waals surface area contributed by atoms with Gasteiger partial charge in [-0.25, -0.2) is 0 Å². The van der Waals surface area contributed by atoms with Crippen LogP contribution in [0.4, 0.5) is 0 Å². The fraction of sp³-hybridized carbons (Fsp3) is 0.800. The molecule has 0 amide bonds. The highest BCUT2D eigenvalue weighted by Crippen LogP contribution is 2.23. The molecule has 0 aromatic carbocycles. The Hall–Kier alpha value is -2.37. The van der Waals surface area contributed by atoms with Gasteiger partial charge in [0.1, 0.15) is 30.5 Å². The molecular formula is C65H116O9. The minimum Gasteiger partial charge on any atom is -0.457 e. The molecule has 0 aliphatic carbocycles. The Labute approximate surface area is 455 Å². The van der Waals surface area contributed by atoms with Crippen LogP contribution in [-0.2, 0) is 23.7 Å². The SMILES string of the molecule is CC/C=C\C/C=C\C/C=C\C/C=C\CCCCCCCCCCCCCCCOCC(COC1OC(CO)C(O)C(O)C1O)OC(=O)CCCCCCCCCCCCCCC/C=C\C/C=C\CCCCCCC. The minimum atomic E-state index is -1.54. The van der Waals surface area contributed by atoms with Crippen molar-refractivity contribution in [3.63, 3.8) is 0 Å². The first-order valence-corrected chi connectivity index (χ1v) is 31.0. The van der Waals surface area contributed by atoms with Crippen LogP contribution in [0.5, 0.6) is 0 Å². The summed E-state index contributed by atoms with van der Waals surface area (Å²) in [6.45, 7) is 4.47. The fourth-order valence-corrected chi connectivity index (χ4v) is 9.34. The van der Waals surface area contributed by atoms with E-state index in [1.165, 1.54) is 186 Å². The van der Waals surface area contributed by atoms with Gasteiger partial charge >= 0.3 is 5.97 Å². The van der Waals surface area contributed by atoms with Gasteiger partial charge in [-0.1, -0.05) is 254 Å². The minimum absolute atomic E-state index is 0.115. The van der Waals surface area contributed by atoms with E-state index in [-0.39, 0.29) is 19.2 Å². The maximum atomic E-state index is 12.9. The van der Waals surface area contributed by atoms with Gasteiger partial charge in [-0.15, -0.1) is 0 Å². The highest BCUT2D eigenvalue weighted by atomic mass is 16.7. The Morgan fingerprint density at radius 3 is 1.24 bits per heavy atom. The van der Waals surface area contributed by atoms with Crippen molar-refractivity contribution in [2.45, 2.75) is 307 Å². The van der Waals surface area contributed by atoms with Crippen LogP contribution in [0.3, 0.4) is 0 Å². The number of hydrogen-bond acceptors (Lipinski definition) is 9. The number of aliphatic hydroxyl groups is 4. The van der Waals surface area contributed by atoms with Crippen LogP contribution in [-0.4, -0.2) is 89.6 Å². The molecule has 6 atom stereocenters. The second-order valence-electron chi connectivity index (χ2n) is 21.1. The quantitative estimate of drug-likeness (QED) is 0.0267. The van der Waals surface area contributed by atoms with Crippen molar-refractivity contribution in [3.8, 4) is 0 Å². The number of hydrogen-bond donors (Lipinski definition) is 4. The lowest BCUT2D eigenvalue weighted by Gasteiger charge is -2.39. The number of carbonyl (C=O) groups excluding carboxylic acids is 1. The zero-order valence-corrected chi connectivity index (χ0v) is 47.8. The van der Waals surface area contributed by atoms with E-state index in [1.807, 2.05) is 0 Å². The van der Waals surface area contributed by atoms with E-state index in [0.717, 1.165) is 64.2 Å². The molecule has 6 unspecified atom stereocenters. The van der Waals surface area contributed by atoms with Gasteiger partial charge in [-0.05, 0) is 83.5 Å². The Kier molecular flexibility index (Phi) is 52.1. The number of carbonyl (C=O) groups is 1. The first-order chi connectivity index (χ1) is 36.4. The number of esters is 1. The van der Waals surface area contributed by atoms with Gasteiger partial charge in [-0.2, -0.15) is 0 Å². The molecule has 1 aliphatic rings. The normalized spacial score (nSPS) is 19.0. The maximum Gasteiger partial charge on any atom is 0.306 e. The van der Waals surface area contributed by atoms with Crippen molar-refractivity contribution in [1.82, 2.24) is 0 Å². The van der Waals surface area contributed by atoms with Crippen molar-refractivity contribution in [2.24, 2.45) is 0 Å². The monoisotopic (exact) mass is 1040 g/mol. The van der Waals surface area contributed by atoms with Crippen LogP contribution in [0.25, 0.3) is 0 Å². The Balaban J connectivity index is 2.12. The van der Waals surface area contributed by atoms with E-state index in [4.69, 9.17) is 18.9 Å². The van der Waals surface area contributed by atoms with Crippen LogP contribution in [0.2, 0.25) is 0 Å². The van der Waals surface area contributed by atoms with Crippen LogP contribution < -0.4 is 0 Å². The van der Waals surface area contributed by atoms with Crippen molar-refractivity contribution >= 4 is 5.97 Å². The van der Waals surface area contributed by atoms with Gasteiger partial charge in [0, 0.05) is 13.0 Å². The molecule has 0 saturated carbocycles. The summed E-state index contributed by atoms with van der Waals surface area (Å²) in [5, 5.41) is 40.4. The van der Waals surface area contributed by atoms with E-state index in [2.05, 4.69) is 86.8 Å². The van der Waals surface area contributed by atoms with Gasteiger partial charge in [-0.3, -0.25) is 4.79 Å². The average molecular weight is 1040 g/mol. The fourth-order valence-electron chi connectivity index (χ4n) is 9.34. The first kappa shape index (κ1) is 69.6. The van der Waals surface area contributed by atoms with Crippen LogP contribution in [0.1, 0.15) is 271 Å². The summed E-state index contributed by atoms with van der Waals surface area (Å²) in [6, 6.07) is 0. The van der Waals surface area contributed by atoms with Crippen LogP contribution >= 0.6 is 0 Å². The van der Waals surface area contributed by atoms with Crippen molar-refractivity contribution in [3.05, 3.63) is 72.9 Å². The molecular weight excluding hydrogens is 925 g/mol. The number of allylic oxidation sites excluding steroid dienone is 12. The first-order valence-electron chi connectivity index (χ1n) is 31.0. The molecule has 9 nitrogen and oxygen atoms in total. The Bertz CT molecular complexity index is 1370. The summed E-state index contributed by atoms with van der Waals surface area (Å²) in [6.07, 6.45) is 68.1. The Morgan fingerprint density at radius 2 is 0.824 bits per heavy atom. The molecule has 74 heavy (non-hydrogen) atoms. The molecule has 1 fully saturated rings. The van der Waals surface area contributed by atoms with E-state index in [0.29, 0.717) is 13.0 Å². The topological polar surface area (TPSA) is 135 Å². The summed E-state index contributed by atoms with van der Waals surface area (Å²) in [5.41, 5.74) is 0. The van der Waals surface area contributed by atoms with E-state index in [1.54, 1.807) is 0 Å². The van der Waals surface area contributed by atoms with Crippen molar-refractivity contribution < 1.29 is 44.2 Å². The van der Waals surface area contributed by atoms with E-state index >= 15 is 0 Å². The van der Waals surface area contributed by atoms with Gasteiger partial charge in [0.2, 0.25) is 0 Å². The molecule has 1 aliphatic heterocycles. The molecule has 430 valence electrons. The average Bonchev–Trinajstić information content (AvgIpc) is 3.40. The van der Waals surface area contributed by atoms with Gasteiger partial charge in [0.15, 0.2) is 6.29 Å². The Morgan fingerprint density at radius 1 is 0.446 bits per heavy atom. The zero-order valence-electron chi connectivity index (χ0n) is 47.8. The highest BCUT2D eigenvalue weighted by Gasteiger charge is 2.44. The summed E-state index contributed by atoms with van der Waals surface area (Å²) in [7, 11) is 0. The molecule has 0 aromatic rings. The van der Waals surface area contributed by atoms with Crippen molar-refractivity contribution in [1.29, 1.82) is 0 Å². The molecule has 9 heteroatoms. The van der Waals surface area contributed by atoms with Gasteiger partial charge < -0.3 is 39.4 Å². The molecule has 0 bridgehead atoms. The zero-order chi connectivity index (χ0) is 53.5. The second-order valence-corrected chi connectivity index (χ2v) is 21.1. The summed E-state index contributed by atoms with van der Waals surface area (Å²) < 4.78 is 23.0. The molecule has 0 aromatic heterocycles. The third-order valence-corrected chi connectivity index (χ3v) is 14.1. The predicted molar refractivity (Wildman–Crippen MR) is 311 cm³/mol. The summed E-state index contributed by atoms with van der Waals surface area (Å²) in [4.78, 5) is 12.9. The lowest BCUT2D eigenvalue weighted by Crippen LogP contribution is -2.59. The molecule has 0 radical (unpaired) electrons. The standard InChI is InChI=1S/C65H116O9/c1-3-5-7-9-11-13-15-17-19-21-23-25-27-29-31-33-35-37-39-41-43-45-47-49-51-53-55-71-57-59(58-72-65-64(70)63(69)62(68)60(56-66)74-65)73-61(67)54-52-50-48-46-44-42-40-38-36-34-32-30-28-26-24-22-20-18-16-14-12-10-8-6-4-2/h5,7,11,13,16-19,22-25,59-60,62-66,68-70H,3-4,6,8-10,12,14-15,20-21,26-58H2,1-2H3/b7-5-,13-11-,18-16-,19-17-,24-22-,25-23-. The largest absolute Gasteiger partial charge is 0.457 e. The van der Waals surface area contributed by atoms with Crippen LogP contribution in [0, 0.1) is 0 Å². The lowest BCUT2D eigenvalue weighted by atomic mass is 9.99. The highest BCUT2D eigenvalue weighted by molar-refractivity contribution is 5.69. The van der Waals surface area contributed by atoms with Gasteiger partial charge in [0.05, 0.1) is 19.8 Å². The number of ether oxygens (including phenoxy) is 4. The van der Waals surface area contributed by atoms with E-state index < -0.39 is 43.4 Å². The lowest BCUT2D eigenvalue weighted by molar-refractivity contribution is -0.305. The van der Waals surface area contributed by atoms with E-state index in [9.17, 15) is 25.2 Å². The smallest absolute Gasteiger partial charge is 0.306 e. The van der Waals surface area contributed by atoms with Crippen molar-refractivity contribution in [2.75, 3.05) is 26.4 Å². The molecule has 0 spiro atoms. The summed E-state index contributed by atoms with van der Waals surface area (Å²) in [5.74, 6) is -0.313. The van der Waals surface area contributed by atoms with Crippen LogP contribution in [0.15, 0.2) is 72.9 Å². The number of rotatable bonds is 54. The molecule has 4 N–H and O–H groups in total. The number of unbranched alkanes of at least 4 members (excludes halogenated alkanes) is 31. The molecule has 1 saturated heterocycles. The predicted octanol–water partition coefficient (Wildman–Crippen LogP) is 16.7. The maximum absolute atomic E-state index is 12.9. The molecule has 1 rings (SSSR count). The second kappa shape index (κ2) is 55.4. The third-order valence-electron chi connectivity index (χ3n) is 14.1. The number of aliphatic hydroxyl groups excluding tert-OH is 4.